The van der Waals surface area contributed by atoms with Gasteiger partial charge in [-0.25, -0.2) is 0 Å². The Morgan fingerprint density at radius 1 is 1.67 bits per heavy atom. The fraction of sp³-hybridized carbons (Fsp3) is 0.545. The van der Waals surface area contributed by atoms with E-state index in [4.69, 9.17) is 10.5 Å². The van der Waals surface area contributed by atoms with Gasteiger partial charge in [-0.15, -0.1) is 0 Å². The first-order valence-corrected chi connectivity index (χ1v) is 5.26. The third-order valence-electron chi connectivity index (χ3n) is 2.93. The molecule has 1 aromatic heterocycles. The molecule has 0 amide bonds. The smallest absolute Gasteiger partial charge is 0.0762 e. The molecule has 1 aliphatic rings. The SMILES string of the molecule is COC1CCN(c2cnccc2CN)C1. The highest BCUT2D eigenvalue weighted by Crippen LogP contribution is 2.24. The van der Waals surface area contributed by atoms with E-state index in [0.717, 1.165) is 30.8 Å². The van der Waals surface area contributed by atoms with Crippen LogP contribution in [0, 0.1) is 0 Å². The van der Waals surface area contributed by atoms with Crippen molar-refractivity contribution in [1.82, 2.24) is 4.98 Å². The highest BCUT2D eigenvalue weighted by atomic mass is 16.5. The van der Waals surface area contributed by atoms with Crippen molar-refractivity contribution in [3.8, 4) is 0 Å². The Morgan fingerprint density at radius 2 is 2.53 bits per heavy atom. The lowest BCUT2D eigenvalue weighted by Gasteiger charge is -2.20. The van der Waals surface area contributed by atoms with Gasteiger partial charge in [0.05, 0.1) is 18.0 Å². The first-order chi connectivity index (χ1) is 7.35. The van der Waals surface area contributed by atoms with Crippen LogP contribution < -0.4 is 10.6 Å². The average Bonchev–Trinajstić information content (AvgIpc) is 2.77. The Morgan fingerprint density at radius 3 is 3.20 bits per heavy atom. The number of hydrogen-bond donors (Lipinski definition) is 1. The van der Waals surface area contributed by atoms with Crippen LogP contribution >= 0.6 is 0 Å². The number of rotatable bonds is 3. The van der Waals surface area contributed by atoms with E-state index >= 15 is 0 Å². The Bertz CT molecular complexity index is 329. The molecule has 1 saturated heterocycles. The predicted molar refractivity (Wildman–Crippen MR) is 59.8 cm³/mol. The van der Waals surface area contributed by atoms with Crippen LogP contribution in [0.15, 0.2) is 18.5 Å². The maximum atomic E-state index is 5.70. The maximum absolute atomic E-state index is 5.70. The summed E-state index contributed by atoms with van der Waals surface area (Å²) in [4.78, 5) is 6.45. The molecule has 2 N–H and O–H groups in total. The van der Waals surface area contributed by atoms with Gasteiger partial charge in [-0.3, -0.25) is 4.98 Å². The van der Waals surface area contributed by atoms with Gasteiger partial charge < -0.3 is 15.4 Å². The van der Waals surface area contributed by atoms with Crippen molar-refractivity contribution in [3.63, 3.8) is 0 Å². The van der Waals surface area contributed by atoms with E-state index in [1.165, 1.54) is 0 Å². The van der Waals surface area contributed by atoms with Crippen molar-refractivity contribution < 1.29 is 4.74 Å². The van der Waals surface area contributed by atoms with E-state index in [0.29, 0.717) is 12.6 Å². The number of pyridine rings is 1. The molecule has 0 saturated carbocycles. The second kappa shape index (κ2) is 4.59. The molecule has 0 aliphatic carbocycles. The Kier molecular flexibility index (Phi) is 3.18. The molecule has 0 radical (unpaired) electrons. The molecule has 15 heavy (non-hydrogen) atoms. The largest absolute Gasteiger partial charge is 0.380 e. The number of anilines is 1. The van der Waals surface area contributed by atoms with Crippen molar-refractivity contribution in [2.45, 2.75) is 19.1 Å². The number of nitrogens with zero attached hydrogens (tertiary/aromatic N) is 2. The zero-order valence-corrected chi connectivity index (χ0v) is 9.02. The molecule has 2 rings (SSSR count). The standard InChI is InChI=1S/C11H17N3O/c1-15-10-3-5-14(8-10)11-7-13-4-2-9(11)6-12/h2,4,7,10H,3,5-6,8,12H2,1H3. The van der Waals surface area contributed by atoms with E-state index in [9.17, 15) is 0 Å². The number of hydrogen-bond acceptors (Lipinski definition) is 4. The first-order valence-electron chi connectivity index (χ1n) is 5.26. The average molecular weight is 207 g/mol. The minimum atomic E-state index is 0.343. The number of methoxy groups -OCH3 is 1. The van der Waals surface area contributed by atoms with Gasteiger partial charge in [-0.05, 0) is 18.1 Å². The summed E-state index contributed by atoms with van der Waals surface area (Å²) in [5.41, 5.74) is 8.01. The van der Waals surface area contributed by atoms with E-state index in [1.807, 2.05) is 12.3 Å². The minimum absolute atomic E-state index is 0.343. The molecule has 0 bridgehead atoms. The van der Waals surface area contributed by atoms with Crippen LogP contribution in [0.1, 0.15) is 12.0 Å². The zero-order chi connectivity index (χ0) is 10.7. The van der Waals surface area contributed by atoms with E-state index in [2.05, 4.69) is 9.88 Å². The third kappa shape index (κ3) is 2.11. The quantitative estimate of drug-likeness (QED) is 0.795. The predicted octanol–water partition coefficient (Wildman–Crippen LogP) is 0.765. The summed E-state index contributed by atoms with van der Waals surface area (Å²) in [6.45, 7) is 2.53. The van der Waals surface area contributed by atoms with Crippen LogP contribution in [0.3, 0.4) is 0 Å². The molecule has 2 heterocycles. The summed E-state index contributed by atoms with van der Waals surface area (Å²) < 4.78 is 5.34. The molecule has 82 valence electrons. The molecule has 0 aromatic carbocycles. The van der Waals surface area contributed by atoms with Gasteiger partial charge in [0.15, 0.2) is 0 Å². The lowest BCUT2D eigenvalue weighted by atomic mass is 10.2. The Labute approximate surface area is 90.0 Å². The fourth-order valence-electron chi connectivity index (χ4n) is 2.01. The lowest BCUT2D eigenvalue weighted by molar-refractivity contribution is 0.121. The van der Waals surface area contributed by atoms with Crippen LogP contribution in [-0.2, 0) is 11.3 Å². The summed E-state index contributed by atoms with van der Waals surface area (Å²) in [6.07, 6.45) is 5.10. The van der Waals surface area contributed by atoms with Crippen molar-refractivity contribution >= 4 is 5.69 Å². The summed E-state index contributed by atoms with van der Waals surface area (Å²) in [6, 6.07) is 1.98. The molecule has 4 heteroatoms. The Hall–Kier alpha value is -1.13. The van der Waals surface area contributed by atoms with E-state index in [1.54, 1.807) is 13.3 Å². The first kappa shape index (κ1) is 10.4. The zero-order valence-electron chi connectivity index (χ0n) is 9.02. The van der Waals surface area contributed by atoms with Crippen LogP contribution in [0.25, 0.3) is 0 Å². The third-order valence-corrected chi connectivity index (χ3v) is 2.93. The van der Waals surface area contributed by atoms with Crippen LogP contribution in [0.4, 0.5) is 5.69 Å². The van der Waals surface area contributed by atoms with Gasteiger partial charge in [-0.1, -0.05) is 0 Å². The summed E-state index contributed by atoms with van der Waals surface area (Å²) in [5, 5.41) is 0. The highest BCUT2D eigenvalue weighted by molar-refractivity contribution is 5.52. The van der Waals surface area contributed by atoms with Gasteiger partial charge in [0.2, 0.25) is 0 Å². The van der Waals surface area contributed by atoms with E-state index in [-0.39, 0.29) is 0 Å². The number of ether oxygens (including phenoxy) is 1. The van der Waals surface area contributed by atoms with E-state index < -0.39 is 0 Å². The summed E-state index contributed by atoms with van der Waals surface area (Å²) in [5.74, 6) is 0. The lowest BCUT2D eigenvalue weighted by Crippen LogP contribution is -2.23. The maximum Gasteiger partial charge on any atom is 0.0762 e. The molecule has 0 spiro atoms. The van der Waals surface area contributed by atoms with Gasteiger partial charge in [0.25, 0.3) is 0 Å². The monoisotopic (exact) mass is 207 g/mol. The minimum Gasteiger partial charge on any atom is -0.380 e. The normalized spacial score (nSPS) is 20.9. The number of nitrogens with two attached hydrogens (primary N) is 1. The van der Waals surface area contributed by atoms with Gasteiger partial charge >= 0.3 is 0 Å². The topological polar surface area (TPSA) is 51.4 Å². The van der Waals surface area contributed by atoms with Crippen LogP contribution in [-0.4, -0.2) is 31.3 Å². The second-order valence-electron chi connectivity index (χ2n) is 3.80. The molecular formula is C11H17N3O. The summed E-state index contributed by atoms with van der Waals surface area (Å²) >= 11 is 0. The van der Waals surface area contributed by atoms with Gasteiger partial charge in [-0.2, -0.15) is 0 Å². The fourth-order valence-corrected chi connectivity index (χ4v) is 2.01. The Balaban J connectivity index is 2.16. The molecule has 1 aromatic rings. The summed E-state index contributed by atoms with van der Waals surface area (Å²) in [7, 11) is 1.77. The molecular weight excluding hydrogens is 190 g/mol. The molecule has 4 nitrogen and oxygen atoms in total. The van der Waals surface area contributed by atoms with Gasteiger partial charge in [0.1, 0.15) is 0 Å². The molecule has 1 atom stereocenters. The van der Waals surface area contributed by atoms with Gasteiger partial charge in [0, 0.05) is 32.9 Å². The number of aromatic nitrogens is 1. The van der Waals surface area contributed by atoms with Crippen molar-refractivity contribution in [2.75, 3.05) is 25.1 Å². The molecule has 1 fully saturated rings. The molecule has 1 unspecified atom stereocenters. The van der Waals surface area contributed by atoms with Crippen LogP contribution in [0.5, 0.6) is 0 Å². The molecule has 1 aliphatic heterocycles. The van der Waals surface area contributed by atoms with Crippen molar-refractivity contribution in [1.29, 1.82) is 0 Å². The highest BCUT2D eigenvalue weighted by Gasteiger charge is 2.23. The van der Waals surface area contributed by atoms with Crippen molar-refractivity contribution in [2.24, 2.45) is 5.73 Å². The second-order valence-corrected chi connectivity index (χ2v) is 3.80. The van der Waals surface area contributed by atoms with Crippen LogP contribution in [0.2, 0.25) is 0 Å². The van der Waals surface area contributed by atoms with Crippen molar-refractivity contribution in [3.05, 3.63) is 24.0 Å².